The quantitative estimate of drug-likeness (QED) is 0.192. The Bertz CT molecular complexity index is 1860. The van der Waals surface area contributed by atoms with Crippen LogP contribution in [0.4, 0.5) is 10.8 Å². The smallest absolute Gasteiger partial charge is 0.255 e. The summed E-state index contributed by atoms with van der Waals surface area (Å²) in [4.78, 5) is 31.4. The summed E-state index contributed by atoms with van der Waals surface area (Å²) >= 11 is 2.84. The molecule has 6 aromatic rings. The lowest BCUT2D eigenvalue weighted by atomic mass is 10.1. The van der Waals surface area contributed by atoms with Crippen LogP contribution in [-0.4, -0.2) is 22.0 Å². The maximum atomic E-state index is 13.0. The number of hydrogen-bond acceptors (Lipinski definition) is 5. The fourth-order valence-electron chi connectivity index (χ4n) is 4.46. The number of aromatic nitrogens is 1. The molecule has 6 rings (SSSR count). The van der Waals surface area contributed by atoms with Gasteiger partial charge in [0.25, 0.3) is 5.91 Å². The average Bonchev–Trinajstić information content (AvgIpc) is 3.45. The van der Waals surface area contributed by atoms with Crippen molar-refractivity contribution >= 4 is 67.3 Å². The fraction of sp³-hybridized carbons (Fsp3) is 0.0606. The van der Waals surface area contributed by atoms with Gasteiger partial charge in [-0.25, -0.2) is 4.98 Å². The van der Waals surface area contributed by atoms with E-state index in [-0.39, 0.29) is 17.1 Å². The van der Waals surface area contributed by atoms with Gasteiger partial charge in [0.2, 0.25) is 5.91 Å². The van der Waals surface area contributed by atoms with Gasteiger partial charge in [-0.15, -0.1) is 23.1 Å². The van der Waals surface area contributed by atoms with Crippen LogP contribution in [0.2, 0.25) is 0 Å². The van der Waals surface area contributed by atoms with Crippen molar-refractivity contribution < 1.29 is 9.59 Å². The molecule has 0 radical (unpaired) electrons. The van der Waals surface area contributed by atoms with Gasteiger partial charge in [0.05, 0.1) is 10.9 Å². The Labute approximate surface area is 240 Å². The Morgan fingerprint density at radius 2 is 1.45 bits per heavy atom. The van der Waals surface area contributed by atoms with Gasteiger partial charge < -0.3 is 10.6 Å². The summed E-state index contributed by atoms with van der Waals surface area (Å²) in [5.74, 6) is -0.306. The first-order valence-corrected chi connectivity index (χ1v) is 14.6. The van der Waals surface area contributed by atoms with E-state index in [1.807, 2.05) is 97.2 Å². The maximum Gasteiger partial charge on any atom is 0.255 e. The molecule has 0 spiro atoms. The molecule has 40 heavy (non-hydrogen) atoms. The van der Waals surface area contributed by atoms with Crippen LogP contribution in [0.1, 0.15) is 17.3 Å². The minimum Gasteiger partial charge on any atom is -0.322 e. The second-order valence-corrected chi connectivity index (χ2v) is 11.7. The molecule has 0 aliphatic rings. The second-order valence-electron chi connectivity index (χ2n) is 9.39. The summed E-state index contributed by atoms with van der Waals surface area (Å²) < 4.78 is 0. The Morgan fingerprint density at radius 1 is 0.750 bits per heavy atom. The molecule has 5 nitrogen and oxygen atoms in total. The predicted molar refractivity (Wildman–Crippen MR) is 167 cm³/mol. The van der Waals surface area contributed by atoms with Crippen molar-refractivity contribution in [3.8, 4) is 11.3 Å². The van der Waals surface area contributed by atoms with Gasteiger partial charge in [0.15, 0.2) is 5.13 Å². The number of hydrogen-bond donors (Lipinski definition) is 2. The number of fused-ring (bicyclic) bond motifs is 2. The van der Waals surface area contributed by atoms with Crippen molar-refractivity contribution in [3.63, 3.8) is 0 Å². The number of nitrogens with zero attached hydrogens (tertiary/aromatic N) is 1. The summed E-state index contributed by atoms with van der Waals surface area (Å²) in [6.07, 6.45) is 0. The van der Waals surface area contributed by atoms with Gasteiger partial charge in [-0.1, -0.05) is 72.8 Å². The topological polar surface area (TPSA) is 71.1 Å². The molecule has 1 aromatic heterocycles. The van der Waals surface area contributed by atoms with Crippen LogP contribution in [0.15, 0.2) is 119 Å². The van der Waals surface area contributed by atoms with Crippen LogP contribution >= 0.6 is 23.1 Å². The number of nitrogens with one attached hydrogen (secondary N) is 2. The molecule has 0 saturated carbocycles. The molecule has 1 atom stereocenters. The Kier molecular flexibility index (Phi) is 7.31. The van der Waals surface area contributed by atoms with Crippen molar-refractivity contribution in [2.75, 3.05) is 10.6 Å². The first kappa shape index (κ1) is 25.8. The molecular weight excluding hydrogens is 535 g/mol. The second kappa shape index (κ2) is 11.3. The van der Waals surface area contributed by atoms with E-state index in [1.165, 1.54) is 28.5 Å². The number of thiazole rings is 1. The molecule has 2 amide bonds. The minimum absolute atomic E-state index is 0.130. The minimum atomic E-state index is -0.362. The van der Waals surface area contributed by atoms with Crippen LogP contribution in [0.3, 0.4) is 0 Å². The van der Waals surface area contributed by atoms with E-state index in [0.29, 0.717) is 16.4 Å². The lowest BCUT2D eigenvalue weighted by Gasteiger charge is -2.12. The lowest BCUT2D eigenvalue weighted by Crippen LogP contribution is -2.22. The highest BCUT2D eigenvalue weighted by molar-refractivity contribution is 8.00. The van der Waals surface area contributed by atoms with Gasteiger partial charge in [0.1, 0.15) is 0 Å². The monoisotopic (exact) mass is 559 g/mol. The van der Waals surface area contributed by atoms with E-state index in [0.717, 1.165) is 32.3 Å². The third-order valence-electron chi connectivity index (χ3n) is 6.57. The molecule has 0 bridgehead atoms. The van der Waals surface area contributed by atoms with Gasteiger partial charge >= 0.3 is 0 Å². The summed E-state index contributed by atoms with van der Waals surface area (Å²) in [7, 11) is 0. The molecule has 1 heterocycles. The molecular formula is C33H25N3O2S2. The van der Waals surface area contributed by atoms with Crippen LogP contribution in [0.25, 0.3) is 32.8 Å². The standard InChI is InChI=1S/C33H25N3O2S2/c1-21(31(37)36-33-35-30(20-39-33)26-15-13-22-7-2-4-9-24(22)17-26)40-29-12-6-11-28(19-29)34-32(38)27-16-14-23-8-3-5-10-25(23)18-27/h2-21H,1H3,(H,34,38)(H,35,36,37). The molecule has 0 fully saturated rings. The van der Waals surface area contributed by atoms with Crippen molar-refractivity contribution in [3.05, 3.63) is 120 Å². The molecule has 7 heteroatoms. The van der Waals surface area contributed by atoms with E-state index >= 15 is 0 Å². The van der Waals surface area contributed by atoms with Crippen LogP contribution < -0.4 is 10.6 Å². The summed E-state index contributed by atoms with van der Waals surface area (Å²) in [5, 5.41) is 12.5. The van der Waals surface area contributed by atoms with Crippen LogP contribution in [0.5, 0.6) is 0 Å². The summed E-state index contributed by atoms with van der Waals surface area (Å²) in [6, 6.07) is 35.6. The SMILES string of the molecule is CC(Sc1cccc(NC(=O)c2ccc3ccccc3c2)c1)C(=O)Nc1nc(-c2ccc3ccccc3c2)cs1. The zero-order valence-electron chi connectivity index (χ0n) is 21.6. The van der Waals surface area contributed by atoms with Crippen molar-refractivity contribution in [2.45, 2.75) is 17.1 Å². The zero-order valence-corrected chi connectivity index (χ0v) is 23.3. The first-order valence-electron chi connectivity index (χ1n) is 12.8. The zero-order chi connectivity index (χ0) is 27.5. The molecule has 0 aliphatic heterocycles. The van der Waals surface area contributed by atoms with Crippen molar-refractivity contribution in [2.24, 2.45) is 0 Å². The highest BCUT2D eigenvalue weighted by atomic mass is 32.2. The Morgan fingerprint density at radius 3 is 2.23 bits per heavy atom. The largest absolute Gasteiger partial charge is 0.322 e. The number of carbonyl (C=O) groups is 2. The number of anilines is 2. The Hall–Kier alpha value is -4.46. The number of thioether (sulfide) groups is 1. The molecule has 5 aromatic carbocycles. The number of rotatable bonds is 7. The predicted octanol–water partition coefficient (Wildman–Crippen LogP) is 8.49. The fourth-order valence-corrected chi connectivity index (χ4v) is 6.11. The lowest BCUT2D eigenvalue weighted by molar-refractivity contribution is -0.115. The molecule has 1 unspecified atom stereocenters. The van der Waals surface area contributed by atoms with E-state index in [1.54, 1.807) is 0 Å². The van der Waals surface area contributed by atoms with Gasteiger partial charge in [0, 0.05) is 27.1 Å². The van der Waals surface area contributed by atoms with E-state index in [4.69, 9.17) is 0 Å². The molecule has 0 saturated heterocycles. The first-order chi connectivity index (χ1) is 19.5. The van der Waals surface area contributed by atoms with Gasteiger partial charge in [-0.2, -0.15) is 0 Å². The average molecular weight is 560 g/mol. The highest BCUT2D eigenvalue weighted by Crippen LogP contribution is 2.30. The van der Waals surface area contributed by atoms with E-state index in [9.17, 15) is 9.59 Å². The maximum absolute atomic E-state index is 13.0. The molecule has 0 aliphatic carbocycles. The van der Waals surface area contributed by atoms with Crippen LogP contribution in [0, 0.1) is 0 Å². The summed E-state index contributed by atoms with van der Waals surface area (Å²) in [5.41, 5.74) is 3.12. The van der Waals surface area contributed by atoms with E-state index in [2.05, 4.69) is 39.9 Å². The number of carbonyl (C=O) groups excluding carboxylic acids is 2. The van der Waals surface area contributed by atoms with Gasteiger partial charge in [-0.3, -0.25) is 9.59 Å². The van der Waals surface area contributed by atoms with E-state index < -0.39 is 0 Å². The number of amides is 2. The highest BCUT2D eigenvalue weighted by Gasteiger charge is 2.17. The van der Waals surface area contributed by atoms with Crippen molar-refractivity contribution in [1.29, 1.82) is 0 Å². The third-order valence-corrected chi connectivity index (χ3v) is 8.42. The molecule has 2 N–H and O–H groups in total. The molecule has 196 valence electrons. The third kappa shape index (κ3) is 5.76. The summed E-state index contributed by atoms with van der Waals surface area (Å²) in [6.45, 7) is 1.86. The van der Waals surface area contributed by atoms with Gasteiger partial charge in [-0.05, 0) is 64.9 Å². The Balaban J connectivity index is 1.08. The van der Waals surface area contributed by atoms with Crippen molar-refractivity contribution in [1.82, 2.24) is 4.98 Å². The normalized spacial score (nSPS) is 11.8. The number of benzene rings is 5. The van der Waals surface area contributed by atoms with Crippen LogP contribution in [-0.2, 0) is 4.79 Å².